The average Bonchev–Trinajstić information content (AvgIpc) is 3.66. The summed E-state index contributed by atoms with van der Waals surface area (Å²) in [5.41, 5.74) is 8.27. The molecule has 0 radical (unpaired) electrons. The van der Waals surface area contributed by atoms with Gasteiger partial charge < -0.3 is 26.2 Å². The van der Waals surface area contributed by atoms with Gasteiger partial charge in [0.2, 0.25) is 17.7 Å². The van der Waals surface area contributed by atoms with Crippen LogP contribution < -0.4 is 21.3 Å². The van der Waals surface area contributed by atoms with E-state index in [9.17, 15) is 19.2 Å². The van der Waals surface area contributed by atoms with Gasteiger partial charge in [-0.25, -0.2) is 0 Å². The summed E-state index contributed by atoms with van der Waals surface area (Å²) in [6.07, 6.45) is 5.02. The number of nitrogens with zero attached hydrogens (tertiary/aromatic N) is 2. The van der Waals surface area contributed by atoms with Gasteiger partial charge in [-0.15, -0.1) is 0 Å². The first-order valence-electron chi connectivity index (χ1n) is 12.1. The van der Waals surface area contributed by atoms with Gasteiger partial charge in [-0.05, 0) is 61.9 Å². The number of amides is 4. The van der Waals surface area contributed by atoms with E-state index >= 15 is 0 Å². The quantitative estimate of drug-likeness (QED) is 0.566. The number of hydrogen-bond acceptors (Lipinski definition) is 5. The third kappa shape index (κ3) is 4.58. The lowest BCUT2D eigenvalue weighted by Gasteiger charge is -2.30. The van der Waals surface area contributed by atoms with Gasteiger partial charge >= 0.3 is 0 Å². The molecule has 2 fully saturated rings. The SMILES string of the molecule is NC(=O)c1ccc(N2CCCCC2)c(NC(=O)CNC(=O)C2c3ccccc3C(=O)N2C2CC2)c1. The van der Waals surface area contributed by atoms with Crippen LogP contribution in [-0.4, -0.2) is 54.2 Å². The molecule has 2 aromatic carbocycles. The number of hydrogen-bond donors (Lipinski definition) is 3. The zero-order valence-electron chi connectivity index (χ0n) is 19.5. The van der Waals surface area contributed by atoms with E-state index in [-0.39, 0.29) is 24.4 Å². The van der Waals surface area contributed by atoms with Gasteiger partial charge in [0, 0.05) is 30.3 Å². The molecule has 0 bridgehead atoms. The Labute approximate surface area is 203 Å². The number of carbonyl (C=O) groups excluding carboxylic acids is 4. The van der Waals surface area contributed by atoms with E-state index in [1.807, 2.05) is 6.07 Å². The molecule has 5 rings (SSSR count). The van der Waals surface area contributed by atoms with Crippen LogP contribution in [0.15, 0.2) is 42.5 Å². The predicted octanol–water partition coefficient (Wildman–Crippen LogP) is 2.19. The van der Waals surface area contributed by atoms with Crippen molar-refractivity contribution in [1.82, 2.24) is 10.2 Å². The fraction of sp³-hybridized carbons (Fsp3) is 0.385. The van der Waals surface area contributed by atoms with Crippen molar-refractivity contribution >= 4 is 35.0 Å². The van der Waals surface area contributed by atoms with Crippen LogP contribution in [0.3, 0.4) is 0 Å². The number of benzene rings is 2. The van der Waals surface area contributed by atoms with Crippen molar-refractivity contribution in [2.45, 2.75) is 44.2 Å². The summed E-state index contributed by atoms with van der Waals surface area (Å²) in [4.78, 5) is 54.4. The third-order valence-electron chi connectivity index (χ3n) is 6.86. The zero-order chi connectivity index (χ0) is 24.5. The summed E-state index contributed by atoms with van der Waals surface area (Å²) in [6, 6.07) is 11.5. The highest BCUT2D eigenvalue weighted by Crippen LogP contribution is 2.41. The number of fused-ring (bicyclic) bond motifs is 1. The molecule has 4 amide bonds. The van der Waals surface area contributed by atoms with Crippen LogP contribution >= 0.6 is 0 Å². The van der Waals surface area contributed by atoms with Gasteiger partial charge in [-0.1, -0.05) is 18.2 Å². The summed E-state index contributed by atoms with van der Waals surface area (Å²) >= 11 is 0. The Morgan fingerprint density at radius 1 is 1.00 bits per heavy atom. The van der Waals surface area contributed by atoms with Crippen molar-refractivity contribution in [3.63, 3.8) is 0 Å². The first-order valence-corrected chi connectivity index (χ1v) is 12.1. The maximum absolute atomic E-state index is 13.2. The second-order valence-corrected chi connectivity index (χ2v) is 9.34. The van der Waals surface area contributed by atoms with Crippen LogP contribution in [0.4, 0.5) is 11.4 Å². The standard InChI is InChI=1S/C26H29N5O4/c27-24(33)16-8-11-21(30-12-4-1-5-13-30)20(14-16)29-22(32)15-28-25(34)23-18-6-2-3-7-19(18)26(35)31(23)17-9-10-17/h2-3,6-8,11,14,17,23H,1,4-5,9-10,12-13,15H2,(H2,27,33)(H,28,34)(H,29,32). The fourth-order valence-electron chi connectivity index (χ4n) is 4.99. The lowest BCUT2D eigenvalue weighted by atomic mass is 10.0. The molecule has 1 unspecified atom stereocenters. The van der Waals surface area contributed by atoms with Crippen LogP contribution in [0.1, 0.15) is 64.4 Å². The third-order valence-corrected chi connectivity index (χ3v) is 6.86. The molecule has 1 aliphatic carbocycles. The smallest absolute Gasteiger partial charge is 0.255 e. The molecule has 4 N–H and O–H groups in total. The molecular formula is C26H29N5O4. The Hall–Kier alpha value is -3.88. The summed E-state index contributed by atoms with van der Waals surface area (Å²) < 4.78 is 0. The van der Waals surface area contributed by atoms with Crippen molar-refractivity contribution in [1.29, 1.82) is 0 Å². The average molecular weight is 476 g/mol. The normalized spacial score (nSPS) is 19.3. The summed E-state index contributed by atoms with van der Waals surface area (Å²) in [5, 5.41) is 5.54. The van der Waals surface area contributed by atoms with Crippen molar-refractivity contribution in [3.05, 3.63) is 59.2 Å². The van der Waals surface area contributed by atoms with Gasteiger partial charge in [-0.3, -0.25) is 19.2 Å². The maximum Gasteiger partial charge on any atom is 0.255 e. The van der Waals surface area contributed by atoms with Gasteiger partial charge in [0.1, 0.15) is 6.04 Å². The lowest BCUT2D eigenvalue weighted by molar-refractivity contribution is -0.127. The van der Waals surface area contributed by atoms with E-state index in [4.69, 9.17) is 5.73 Å². The number of primary amides is 1. The number of piperidine rings is 1. The lowest BCUT2D eigenvalue weighted by Crippen LogP contribution is -2.42. The highest BCUT2D eigenvalue weighted by Gasteiger charge is 2.47. The van der Waals surface area contributed by atoms with E-state index in [0.717, 1.165) is 50.9 Å². The molecule has 3 aliphatic rings. The van der Waals surface area contributed by atoms with Crippen molar-refractivity contribution < 1.29 is 19.2 Å². The minimum Gasteiger partial charge on any atom is -0.370 e. The Morgan fingerprint density at radius 3 is 2.46 bits per heavy atom. The number of anilines is 2. The van der Waals surface area contributed by atoms with E-state index in [1.165, 1.54) is 0 Å². The monoisotopic (exact) mass is 475 g/mol. The summed E-state index contributed by atoms with van der Waals surface area (Å²) in [5.74, 6) is -1.52. The van der Waals surface area contributed by atoms with Crippen LogP contribution in [0.25, 0.3) is 0 Å². The number of nitrogens with two attached hydrogens (primary N) is 1. The number of carbonyl (C=O) groups is 4. The molecule has 9 nitrogen and oxygen atoms in total. The molecule has 2 aliphatic heterocycles. The topological polar surface area (TPSA) is 125 Å². The molecule has 1 saturated heterocycles. The maximum atomic E-state index is 13.2. The van der Waals surface area contributed by atoms with E-state index in [0.29, 0.717) is 22.4 Å². The van der Waals surface area contributed by atoms with E-state index < -0.39 is 17.9 Å². The molecule has 35 heavy (non-hydrogen) atoms. The van der Waals surface area contributed by atoms with Gasteiger partial charge in [0.05, 0.1) is 17.9 Å². The molecule has 2 heterocycles. The Bertz CT molecular complexity index is 1190. The molecule has 9 heteroatoms. The second kappa shape index (κ2) is 9.40. The van der Waals surface area contributed by atoms with Crippen LogP contribution in [0, 0.1) is 0 Å². The van der Waals surface area contributed by atoms with Crippen molar-refractivity contribution in [3.8, 4) is 0 Å². The summed E-state index contributed by atoms with van der Waals surface area (Å²) in [6.45, 7) is 1.47. The minimum atomic E-state index is -0.735. The van der Waals surface area contributed by atoms with Crippen LogP contribution in [0.5, 0.6) is 0 Å². The number of rotatable bonds is 7. The van der Waals surface area contributed by atoms with Crippen LogP contribution in [-0.2, 0) is 9.59 Å². The zero-order valence-corrected chi connectivity index (χ0v) is 19.5. The number of nitrogens with one attached hydrogen (secondary N) is 2. The molecule has 1 atom stereocenters. The van der Waals surface area contributed by atoms with Gasteiger partial charge in [-0.2, -0.15) is 0 Å². The Balaban J connectivity index is 1.29. The minimum absolute atomic E-state index is 0.0584. The fourth-order valence-corrected chi connectivity index (χ4v) is 4.99. The Kier molecular flexibility index (Phi) is 6.15. The molecule has 0 aromatic heterocycles. The van der Waals surface area contributed by atoms with E-state index in [2.05, 4.69) is 15.5 Å². The molecule has 1 saturated carbocycles. The van der Waals surface area contributed by atoms with Gasteiger partial charge in [0.25, 0.3) is 5.91 Å². The molecule has 2 aromatic rings. The molecule has 182 valence electrons. The highest BCUT2D eigenvalue weighted by atomic mass is 16.2. The Morgan fingerprint density at radius 2 is 1.74 bits per heavy atom. The second-order valence-electron chi connectivity index (χ2n) is 9.34. The van der Waals surface area contributed by atoms with Crippen molar-refractivity contribution in [2.75, 3.05) is 29.9 Å². The first kappa shape index (κ1) is 22.9. The first-order chi connectivity index (χ1) is 16.9. The predicted molar refractivity (Wildman–Crippen MR) is 131 cm³/mol. The summed E-state index contributed by atoms with van der Waals surface area (Å²) in [7, 11) is 0. The molecular weight excluding hydrogens is 446 g/mol. The largest absolute Gasteiger partial charge is 0.370 e. The highest BCUT2D eigenvalue weighted by molar-refractivity contribution is 6.06. The molecule has 0 spiro atoms. The van der Waals surface area contributed by atoms with Gasteiger partial charge in [0.15, 0.2) is 0 Å². The van der Waals surface area contributed by atoms with E-state index in [1.54, 1.807) is 41.3 Å². The van der Waals surface area contributed by atoms with Crippen molar-refractivity contribution in [2.24, 2.45) is 5.73 Å². The van der Waals surface area contributed by atoms with Crippen LogP contribution in [0.2, 0.25) is 0 Å².